The number of halogens is 1. The summed E-state index contributed by atoms with van der Waals surface area (Å²) < 4.78 is 4.72. The van der Waals surface area contributed by atoms with Crippen molar-refractivity contribution < 1.29 is 9.90 Å². The van der Waals surface area contributed by atoms with Crippen LogP contribution in [-0.2, 0) is 0 Å². The smallest absolute Gasteiger partial charge is 0.336 e. The molecule has 0 atom stereocenters. The molecule has 0 saturated heterocycles. The number of aromatic nitrogens is 1. The van der Waals surface area contributed by atoms with Gasteiger partial charge >= 0.3 is 5.97 Å². The highest BCUT2D eigenvalue weighted by Gasteiger charge is 2.12. The topological polar surface area (TPSA) is 50.2 Å². The van der Waals surface area contributed by atoms with Crippen LogP contribution in [0.5, 0.6) is 0 Å². The van der Waals surface area contributed by atoms with Gasteiger partial charge in [0.05, 0.1) is 10.4 Å². The number of carboxylic acids is 1. The predicted octanol–water partition coefficient (Wildman–Crippen LogP) is 3.27. The van der Waals surface area contributed by atoms with Crippen LogP contribution >= 0.6 is 27.5 Å². The van der Waals surface area contributed by atoms with Crippen LogP contribution in [0.25, 0.3) is 10.4 Å². The summed E-state index contributed by atoms with van der Waals surface area (Å²) in [5.74, 6) is -0.931. The summed E-state index contributed by atoms with van der Waals surface area (Å²) in [4.78, 5) is 11.9. The Morgan fingerprint density at radius 1 is 1.40 bits per heavy atom. The van der Waals surface area contributed by atoms with E-state index >= 15 is 0 Å². The molecule has 2 aromatic rings. The summed E-state index contributed by atoms with van der Waals surface area (Å²) in [6.45, 7) is 0. The largest absolute Gasteiger partial charge is 0.478 e. The summed E-state index contributed by atoms with van der Waals surface area (Å²) in [5.41, 5.74) is 0.988. The number of aromatic carboxylic acids is 1. The molecule has 5 heteroatoms. The number of rotatable bonds is 2. The highest BCUT2D eigenvalue weighted by Crippen LogP contribution is 2.28. The van der Waals surface area contributed by atoms with Crippen LogP contribution in [0.3, 0.4) is 0 Å². The first-order valence-electron chi connectivity index (χ1n) is 4.12. The summed E-state index contributed by atoms with van der Waals surface area (Å²) in [5, 5.41) is 9.05. The molecule has 0 bridgehead atoms. The lowest BCUT2D eigenvalue weighted by Gasteiger charge is -2.03. The van der Waals surface area contributed by atoms with Gasteiger partial charge in [-0.1, -0.05) is 22.0 Å². The third-order valence-electron chi connectivity index (χ3n) is 1.92. The van der Waals surface area contributed by atoms with Crippen LogP contribution in [0.2, 0.25) is 0 Å². The third kappa shape index (κ3) is 2.08. The molecule has 3 nitrogen and oxygen atoms in total. The van der Waals surface area contributed by atoms with Crippen LogP contribution in [0, 0.1) is 0 Å². The van der Waals surface area contributed by atoms with Gasteiger partial charge in [0.25, 0.3) is 0 Å². The van der Waals surface area contributed by atoms with Gasteiger partial charge in [-0.25, -0.2) is 9.17 Å². The van der Waals surface area contributed by atoms with Crippen LogP contribution < -0.4 is 0 Å². The maximum absolute atomic E-state index is 11.0. The first-order valence-corrected chi connectivity index (χ1v) is 5.69. The maximum Gasteiger partial charge on any atom is 0.336 e. The lowest BCUT2D eigenvalue weighted by molar-refractivity contribution is 0.0697. The normalized spacial score (nSPS) is 10.2. The maximum atomic E-state index is 11.0. The van der Waals surface area contributed by atoms with Crippen molar-refractivity contribution in [1.82, 2.24) is 4.37 Å². The number of hydrogen-bond acceptors (Lipinski definition) is 3. The Morgan fingerprint density at radius 2 is 2.20 bits per heavy atom. The van der Waals surface area contributed by atoms with Crippen LogP contribution in [0.1, 0.15) is 10.4 Å². The average molecular weight is 284 g/mol. The van der Waals surface area contributed by atoms with Crippen LogP contribution in [0.15, 0.2) is 34.9 Å². The Morgan fingerprint density at radius 3 is 2.80 bits per heavy atom. The second-order valence-electron chi connectivity index (χ2n) is 2.87. The molecule has 2 rings (SSSR count). The van der Waals surface area contributed by atoms with Gasteiger partial charge in [0.2, 0.25) is 0 Å². The van der Waals surface area contributed by atoms with Gasteiger partial charge in [-0.05, 0) is 29.7 Å². The van der Waals surface area contributed by atoms with E-state index < -0.39 is 5.97 Å². The summed E-state index contributed by atoms with van der Waals surface area (Å²) in [7, 11) is 0. The number of hydrogen-bond donors (Lipinski definition) is 1. The lowest BCUT2D eigenvalue weighted by atomic mass is 10.1. The monoisotopic (exact) mass is 283 g/mol. The van der Waals surface area contributed by atoms with E-state index in [-0.39, 0.29) is 5.56 Å². The molecule has 0 saturated carbocycles. The van der Waals surface area contributed by atoms with Gasteiger partial charge in [0.1, 0.15) is 0 Å². The highest BCUT2D eigenvalue weighted by molar-refractivity contribution is 9.10. The second-order valence-corrected chi connectivity index (χ2v) is 4.62. The fraction of sp³-hybridized carbons (Fsp3) is 0. The van der Waals surface area contributed by atoms with Crippen LogP contribution in [0.4, 0.5) is 0 Å². The fourth-order valence-electron chi connectivity index (χ4n) is 1.26. The van der Waals surface area contributed by atoms with Crippen molar-refractivity contribution in [1.29, 1.82) is 0 Å². The predicted molar refractivity (Wildman–Crippen MR) is 62.2 cm³/mol. The molecule has 0 aliphatic carbocycles. The zero-order chi connectivity index (χ0) is 10.8. The van der Waals surface area contributed by atoms with Crippen molar-refractivity contribution in [2.45, 2.75) is 0 Å². The van der Waals surface area contributed by atoms with Crippen molar-refractivity contribution in [3.05, 3.63) is 40.5 Å². The minimum absolute atomic E-state index is 0.286. The van der Waals surface area contributed by atoms with Gasteiger partial charge in [-0.3, -0.25) is 0 Å². The third-order valence-corrected chi connectivity index (χ3v) is 3.19. The zero-order valence-corrected chi connectivity index (χ0v) is 9.88. The molecule has 1 aromatic heterocycles. The summed E-state index contributed by atoms with van der Waals surface area (Å²) >= 11 is 4.54. The molecule has 1 aromatic carbocycles. The zero-order valence-electron chi connectivity index (χ0n) is 7.48. The van der Waals surface area contributed by atoms with Gasteiger partial charge in [0.15, 0.2) is 0 Å². The number of benzene rings is 1. The Hall–Kier alpha value is -1.20. The SMILES string of the molecule is O=C(O)c1cc(Br)ccc1-c1ccns1. The quantitative estimate of drug-likeness (QED) is 0.920. The van der Waals surface area contributed by atoms with E-state index in [1.54, 1.807) is 24.4 Å². The highest BCUT2D eigenvalue weighted by atomic mass is 79.9. The average Bonchev–Trinajstić information content (AvgIpc) is 2.70. The minimum atomic E-state index is -0.931. The van der Waals surface area contributed by atoms with Crippen LogP contribution in [-0.4, -0.2) is 15.4 Å². The van der Waals surface area contributed by atoms with Gasteiger partial charge < -0.3 is 5.11 Å². The molecule has 0 aliphatic heterocycles. The van der Waals surface area contributed by atoms with Gasteiger partial charge in [-0.2, -0.15) is 0 Å². The Kier molecular flexibility index (Phi) is 2.83. The molecule has 1 heterocycles. The summed E-state index contributed by atoms with van der Waals surface area (Å²) in [6.07, 6.45) is 1.66. The van der Waals surface area contributed by atoms with E-state index in [1.165, 1.54) is 11.5 Å². The Bertz CT molecular complexity index is 496. The first kappa shape index (κ1) is 10.3. The molecular formula is C10H6BrNO2S. The first-order chi connectivity index (χ1) is 7.18. The van der Waals surface area contributed by atoms with Gasteiger partial charge in [-0.15, -0.1) is 0 Å². The molecule has 76 valence electrons. The molecule has 0 fully saturated rings. The minimum Gasteiger partial charge on any atom is -0.478 e. The molecule has 0 amide bonds. The van der Waals surface area contributed by atoms with E-state index in [0.29, 0.717) is 5.56 Å². The fourth-order valence-corrected chi connectivity index (χ4v) is 2.26. The molecule has 1 N–H and O–H groups in total. The summed E-state index contributed by atoms with van der Waals surface area (Å²) in [6, 6.07) is 7.00. The Balaban J connectivity index is 2.61. The lowest BCUT2D eigenvalue weighted by Crippen LogP contribution is -1.98. The van der Waals surface area contributed by atoms with E-state index in [9.17, 15) is 4.79 Å². The number of carboxylic acid groups (broad SMARTS) is 1. The molecule has 15 heavy (non-hydrogen) atoms. The molecule has 0 unspecified atom stereocenters. The molecule has 0 aliphatic rings. The van der Waals surface area contributed by atoms with Crippen molar-refractivity contribution in [3.8, 4) is 10.4 Å². The van der Waals surface area contributed by atoms with E-state index in [1.807, 2.05) is 6.07 Å². The molecule has 0 radical (unpaired) electrons. The molecule has 0 spiro atoms. The van der Waals surface area contributed by atoms with Gasteiger partial charge in [0, 0.05) is 16.2 Å². The Labute approximate surface area is 98.7 Å². The number of nitrogens with zero attached hydrogens (tertiary/aromatic N) is 1. The molecular weight excluding hydrogens is 278 g/mol. The van der Waals surface area contributed by atoms with E-state index in [2.05, 4.69) is 20.3 Å². The van der Waals surface area contributed by atoms with Crippen molar-refractivity contribution in [2.24, 2.45) is 0 Å². The number of carbonyl (C=O) groups is 1. The van der Waals surface area contributed by atoms with Crippen molar-refractivity contribution in [2.75, 3.05) is 0 Å². The second kappa shape index (κ2) is 4.12. The standard InChI is InChI=1S/C10H6BrNO2S/c11-6-1-2-7(8(5-6)10(13)14)9-3-4-12-15-9/h1-5H,(H,13,14). The van der Waals surface area contributed by atoms with E-state index in [0.717, 1.165) is 9.35 Å². The van der Waals surface area contributed by atoms with E-state index in [4.69, 9.17) is 5.11 Å². The van der Waals surface area contributed by atoms with Crippen molar-refractivity contribution in [3.63, 3.8) is 0 Å². The van der Waals surface area contributed by atoms with Crippen molar-refractivity contribution >= 4 is 33.4 Å².